The fourth-order valence-corrected chi connectivity index (χ4v) is 4.14. The Morgan fingerprint density at radius 2 is 1.90 bits per heavy atom. The van der Waals surface area contributed by atoms with Crippen molar-refractivity contribution in [3.05, 3.63) is 59.0 Å². The third-order valence-electron chi connectivity index (χ3n) is 5.76. The highest BCUT2D eigenvalue weighted by Gasteiger charge is 2.39. The Bertz CT molecular complexity index is 1060. The van der Waals surface area contributed by atoms with E-state index >= 15 is 0 Å². The minimum atomic E-state index is -4.53. The Hall–Kier alpha value is -2.61. The molecule has 1 aliphatic carbocycles. The van der Waals surface area contributed by atoms with Crippen molar-refractivity contribution in [3.8, 4) is 5.75 Å². The Morgan fingerprint density at radius 1 is 1.10 bits per heavy atom. The number of alkyl halides is 3. The molecule has 2 unspecified atom stereocenters. The van der Waals surface area contributed by atoms with Crippen LogP contribution in [0.2, 0.25) is 0 Å². The third kappa shape index (κ3) is 3.46. The van der Waals surface area contributed by atoms with Crippen molar-refractivity contribution >= 4 is 5.65 Å². The molecule has 8 heteroatoms. The molecule has 1 fully saturated rings. The summed E-state index contributed by atoms with van der Waals surface area (Å²) >= 11 is 0. The number of pyridine rings is 1. The maximum absolute atomic E-state index is 14.0. The minimum Gasteiger partial charge on any atom is -0.490 e. The molecule has 0 saturated heterocycles. The summed E-state index contributed by atoms with van der Waals surface area (Å²) in [6, 6.07) is 8.66. The number of para-hydroxylation sites is 1. The average Bonchev–Trinajstić information content (AvgIpc) is 3.40. The van der Waals surface area contributed by atoms with Crippen molar-refractivity contribution in [2.45, 2.75) is 50.4 Å². The number of halogens is 3. The number of nitrogens with zero attached hydrogens (tertiary/aromatic N) is 3. The van der Waals surface area contributed by atoms with Gasteiger partial charge in [-0.1, -0.05) is 18.2 Å². The molecule has 0 spiro atoms. The van der Waals surface area contributed by atoms with Crippen LogP contribution in [-0.4, -0.2) is 20.7 Å². The smallest absolute Gasteiger partial charge is 0.420 e. The van der Waals surface area contributed by atoms with Gasteiger partial charge in [0, 0.05) is 37.1 Å². The predicted octanol–water partition coefficient (Wildman–Crippen LogP) is 4.09. The van der Waals surface area contributed by atoms with Crippen LogP contribution in [0.15, 0.2) is 36.5 Å². The topological polar surface area (TPSA) is 65.4 Å². The summed E-state index contributed by atoms with van der Waals surface area (Å²) in [4.78, 5) is 0. The Labute approximate surface area is 165 Å². The summed E-state index contributed by atoms with van der Waals surface area (Å²) < 4.78 is 49.4. The van der Waals surface area contributed by atoms with Gasteiger partial charge in [0.2, 0.25) is 0 Å². The quantitative estimate of drug-likeness (QED) is 0.714. The van der Waals surface area contributed by atoms with E-state index in [1.165, 1.54) is 10.5 Å². The van der Waals surface area contributed by atoms with Crippen molar-refractivity contribution in [1.82, 2.24) is 14.6 Å². The van der Waals surface area contributed by atoms with Gasteiger partial charge in [0.1, 0.15) is 23.2 Å². The van der Waals surface area contributed by atoms with E-state index in [0.717, 1.165) is 18.4 Å². The van der Waals surface area contributed by atoms with E-state index in [0.29, 0.717) is 30.3 Å². The number of nitrogens with two attached hydrogens (primary N) is 1. The van der Waals surface area contributed by atoms with Gasteiger partial charge in [0.05, 0.1) is 0 Å². The molecular formula is C21H21F3N4O. The molecule has 0 bridgehead atoms. The monoisotopic (exact) mass is 402 g/mol. The Kier molecular flexibility index (Phi) is 4.27. The molecule has 1 aliphatic heterocycles. The van der Waals surface area contributed by atoms with Crippen LogP contribution < -0.4 is 10.5 Å². The summed E-state index contributed by atoms with van der Waals surface area (Å²) in [5.41, 5.74) is 6.41. The molecule has 5 rings (SSSR count). The van der Waals surface area contributed by atoms with E-state index in [1.54, 1.807) is 12.3 Å². The molecule has 2 aromatic heterocycles. The van der Waals surface area contributed by atoms with Gasteiger partial charge in [-0.05, 0) is 36.5 Å². The second-order valence-corrected chi connectivity index (χ2v) is 8.00. The summed E-state index contributed by atoms with van der Waals surface area (Å²) in [6.07, 6.45) is 0.106. The molecule has 152 valence electrons. The Balaban J connectivity index is 1.50. The van der Waals surface area contributed by atoms with E-state index in [4.69, 9.17) is 10.5 Å². The lowest BCUT2D eigenvalue weighted by molar-refractivity contribution is -0.137. The fraction of sp³-hybridized carbons (Fsp3) is 0.429. The molecule has 2 aliphatic rings. The van der Waals surface area contributed by atoms with Crippen LogP contribution >= 0.6 is 0 Å². The zero-order valence-electron chi connectivity index (χ0n) is 15.7. The van der Waals surface area contributed by atoms with E-state index in [-0.39, 0.29) is 23.7 Å². The molecular weight excluding hydrogens is 381 g/mol. The normalized spacial score (nSPS) is 21.8. The Morgan fingerprint density at radius 3 is 2.66 bits per heavy atom. The maximum Gasteiger partial charge on any atom is 0.420 e. The number of ether oxygens (including phenoxy) is 1. The first kappa shape index (κ1) is 18.4. The van der Waals surface area contributed by atoms with Crippen molar-refractivity contribution in [3.63, 3.8) is 0 Å². The lowest BCUT2D eigenvalue weighted by Gasteiger charge is -2.31. The van der Waals surface area contributed by atoms with Gasteiger partial charge < -0.3 is 10.5 Å². The van der Waals surface area contributed by atoms with Crippen molar-refractivity contribution < 1.29 is 17.9 Å². The van der Waals surface area contributed by atoms with Crippen LogP contribution in [-0.2, 0) is 19.0 Å². The summed E-state index contributed by atoms with van der Waals surface area (Å²) in [5.74, 6) is 1.73. The van der Waals surface area contributed by atoms with Gasteiger partial charge >= 0.3 is 6.18 Å². The maximum atomic E-state index is 14.0. The highest BCUT2D eigenvalue weighted by molar-refractivity contribution is 5.54. The van der Waals surface area contributed by atoms with Gasteiger partial charge in [0.25, 0.3) is 0 Å². The minimum absolute atomic E-state index is 0.109. The van der Waals surface area contributed by atoms with Gasteiger partial charge in [-0.25, -0.2) is 0 Å². The second-order valence-electron chi connectivity index (χ2n) is 8.00. The van der Waals surface area contributed by atoms with E-state index in [1.807, 2.05) is 18.2 Å². The molecule has 3 aromatic rings. The van der Waals surface area contributed by atoms with Gasteiger partial charge in [-0.3, -0.25) is 4.40 Å². The van der Waals surface area contributed by atoms with Crippen molar-refractivity contribution in [2.24, 2.45) is 11.7 Å². The average molecular weight is 402 g/mol. The predicted molar refractivity (Wildman–Crippen MR) is 101 cm³/mol. The number of hydrogen-bond acceptors (Lipinski definition) is 4. The first-order valence-corrected chi connectivity index (χ1v) is 9.84. The molecule has 0 radical (unpaired) electrons. The number of aromatic nitrogens is 3. The van der Waals surface area contributed by atoms with Crippen LogP contribution in [0.3, 0.4) is 0 Å². The summed E-state index contributed by atoms with van der Waals surface area (Å²) in [7, 11) is 0. The van der Waals surface area contributed by atoms with E-state index < -0.39 is 17.8 Å². The van der Waals surface area contributed by atoms with Crippen LogP contribution in [0.5, 0.6) is 5.75 Å². The van der Waals surface area contributed by atoms with Gasteiger partial charge in [-0.15, -0.1) is 10.2 Å². The highest BCUT2D eigenvalue weighted by Crippen LogP contribution is 2.39. The largest absolute Gasteiger partial charge is 0.490 e. The molecule has 5 nitrogen and oxygen atoms in total. The summed E-state index contributed by atoms with van der Waals surface area (Å²) in [6.45, 7) is 0. The SMILES string of the molecule is NC1CC(Cc2ccn3c(CC4CC4)nnc3c2C(F)(F)F)Oc2ccccc21. The van der Waals surface area contributed by atoms with Crippen molar-refractivity contribution in [1.29, 1.82) is 0 Å². The molecule has 1 saturated carbocycles. The lowest BCUT2D eigenvalue weighted by atomic mass is 9.92. The van der Waals surface area contributed by atoms with Crippen LogP contribution in [0.4, 0.5) is 13.2 Å². The highest BCUT2D eigenvalue weighted by atomic mass is 19.4. The van der Waals surface area contributed by atoms with Crippen LogP contribution in [0.1, 0.15) is 47.8 Å². The number of rotatable bonds is 4. The second kappa shape index (κ2) is 6.73. The standard InChI is InChI=1S/C21H21F3N4O/c22-21(23,24)19-13(7-8-28-18(9-12-5-6-12)26-27-20(19)28)10-14-11-16(25)15-3-1-2-4-17(15)29-14/h1-4,7-8,12,14,16H,5-6,9-11,25H2. The third-order valence-corrected chi connectivity index (χ3v) is 5.76. The molecule has 1 aromatic carbocycles. The van der Waals surface area contributed by atoms with E-state index in [2.05, 4.69) is 10.2 Å². The first-order valence-electron chi connectivity index (χ1n) is 9.84. The number of benzene rings is 1. The lowest BCUT2D eigenvalue weighted by Crippen LogP contribution is -2.31. The molecule has 3 heterocycles. The zero-order valence-corrected chi connectivity index (χ0v) is 15.7. The fourth-order valence-electron chi connectivity index (χ4n) is 4.14. The number of hydrogen-bond donors (Lipinski definition) is 1. The van der Waals surface area contributed by atoms with Crippen molar-refractivity contribution in [2.75, 3.05) is 0 Å². The molecule has 2 N–H and O–H groups in total. The zero-order chi connectivity index (χ0) is 20.2. The molecule has 29 heavy (non-hydrogen) atoms. The van der Waals surface area contributed by atoms with Gasteiger partial charge in [0.15, 0.2) is 5.65 Å². The molecule has 0 amide bonds. The summed E-state index contributed by atoms with van der Waals surface area (Å²) in [5, 5.41) is 7.94. The van der Waals surface area contributed by atoms with Gasteiger partial charge in [-0.2, -0.15) is 13.2 Å². The number of fused-ring (bicyclic) bond motifs is 2. The molecule has 2 atom stereocenters. The van der Waals surface area contributed by atoms with Crippen LogP contribution in [0, 0.1) is 5.92 Å². The first-order chi connectivity index (χ1) is 13.9. The van der Waals surface area contributed by atoms with Crippen LogP contribution in [0.25, 0.3) is 5.65 Å². The van der Waals surface area contributed by atoms with E-state index in [9.17, 15) is 13.2 Å².